The second kappa shape index (κ2) is 3.90. The van der Waals surface area contributed by atoms with E-state index in [9.17, 15) is 5.11 Å². The predicted octanol–water partition coefficient (Wildman–Crippen LogP) is 3.57. The third-order valence-corrected chi connectivity index (χ3v) is 3.43. The standard InChI is InChI=1S/C9H10Br2O/c1-5-8(10)3-7(6(2)12)4-9(5)11/h3-4,6,12H,1-2H3/t6-/m1/s1. The van der Waals surface area contributed by atoms with Gasteiger partial charge in [0.1, 0.15) is 0 Å². The molecular weight excluding hydrogens is 284 g/mol. The molecule has 12 heavy (non-hydrogen) atoms. The van der Waals surface area contributed by atoms with Crippen LogP contribution < -0.4 is 0 Å². The van der Waals surface area contributed by atoms with E-state index in [-0.39, 0.29) is 0 Å². The molecule has 0 saturated heterocycles. The number of halogens is 2. The van der Waals surface area contributed by atoms with Crippen LogP contribution in [-0.4, -0.2) is 5.11 Å². The smallest absolute Gasteiger partial charge is 0.0762 e. The number of aliphatic hydroxyl groups is 1. The van der Waals surface area contributed by atoms with E-state index in [0.717, 1.165) is 20.1 Å². The Bertz CT molecular complexity index is 272. The highest BCUT2D eigenvalue weighted by molar-refractivity contribution is 9.11. The van der Waals surface area contributed by atoms with E-state index in [1.807, 2.05) is 19.1 Å². The molecule has 0 amide bonds. The third-order valence-electron chi connectivity index (χ3n) is 1.79. The first-order valence-corrected chi connectivity index (χ1v) is 5.24. The average Bonchev–Trinajstić information content (AvgIpc) is 1.99. The van der Waals surface area contributed by atoms with Crippen molar-refractivity contribution in [1.82, 2.24) is 0 Å². The highest BCUT2D eigenvalue weighted by atomic mass is 79.9. The number of hydrogen-bond donors (Lipinski definition) is 1. The molecule has 0 unspecified atom stereocenters. The molecule has 0 aliphatic heterocycles. The maximum Gasteiger partial charge on any atom is 0.0762 e. The van der Waals surface area contributed by atoms with Gasteiger partial charge in [0, 0.05) is 8.95 Å². The zero-order valence-corrected chi connectivity index (χ0v) is 10.1. The van der Waals surface area contributed by atoms with Gasteiger partial charge in [-0.25, -0.2) is 0 Å². The molecule has 1 atom stereocenters. The second-order valence-corrected chi connectivity index (χ2v) is 4.49. The van der Waals surface area contributed by atoms with E-state index in [2.05, 4.69) is 31.9 Å². The Hall–Kier alpha value is 0.140. The minimum atomic E-state index is -0.418. The van der Waals surface area contributed by atoms with Gasteiger partial charge in [-0.3, -0.25) is 0 Å². The Morgan fingerprint density at radius 1 is 1.25 bits per heavy atom. The molecule has 0 bridgehead atoms. The predicted molar refractivity (Wildman–Crippen MR) is 57.2 cm³/mol. The van der Waals surface area contributed by atoms with Gasteiger partial charge in [-0.2, -0.15) is 0 Å². The molecule has 1 N–H and O–H groups in total. The van der Waals surface area contributed by atoms with E-state index in [4.69, 9.17) is 0 Å². The van der Waals surface area contributed by atoms with Crippen LogP contribution >= 0.6 is 31.9 Å². The minimum absolute atomic E-state index is 0.418. The summed E-state index contributed by atoms with van der Waals surface area (Å²) in [6.45, 7) is 3.77. The maximum absolute atomic E-state index is 9.32. The summed E-state index contributed by atoms with van der Waals surface area (Å²) in [5.41, 5.74) is 2.07. The van der Waals surface area contributed by atoms with Gasteiger partial charge in [0.25, 0.3) is 0 Å². The van der Waals surface area contributed by atoms with Crippen LogP contribution in [0, 0.1) is 6.92 Å². The Labute approximate surface area is 89.1 Å². The quantitative estimate of drug-likeness (QED) is 0.839. The van der Waals surface area contributed by atoms with E-state index in [1.54, 1.807) is 6.92 Å². The largest absolute Gasteiger partial charge is 0.389 e. The topological polar surface area (TPSA) is 20.2 Å². The molecule has 66 valence electrons. The van der Waals surface area contributed by atoms with Crippen LogP contribution in [0.5, 0.6) is 0 Å². The molecular formula is C9H10Br2O. The molecule has 0 saturated carbocycles. The number of rotatable bonds is 1. The van der Waals surface area contributed by atoms with Gasteiger partial charge in [-0.15, -0.1) is 0 Å². The van der Waals surface area contributed by atoms with Crippen LogP contribution in [0.4, 0.5) is 0 Å². The lowest BCUT2D eigenvalue weighted by molar-refractivity contribution is 0.199. The fourth-order valence-corrected chi connectivity index (χ4v) is 2.13. The van der Waals surface area contributed by atoms with Gasteiger partial charge >= 0.3 is 0 Å². The van der Waals surface area contributed by atoms with Crippen molar-refractivity contribution >= 4 is 31.9 Å². The lowest BCUT2D eigenvalue weighted by Crippen LogP contribution is -1.92. The molecule has 0 aromatic heterocycles. The summed E-state index contributed by atoms with van der Waals surface area (Å²) >= 11 is 6.85. The third kappa shape index (κ3) is 2.09. The van der Waals surface area contributed by atoms with Crippen molar-refractivity contribution in [2.24, 2.45) is 0 Å². The van der Waals surface area contributed by atoms with Crippen molar-refractivity contribution in [2.75, 3.05) is 0 Å². The fourth-order valence-electron chi connectivity index (χ4n) is 0.906. The maximum atomic E-state index is 9.32. The summed E-state index contributed by atoms with van der Waals surface area (Å²) in [4.78, 5) is 0. The van der Waals surface area contributed by atoms with Crippen molar-refractivity contribution < 1.29 is 5.11 Å². The Morgan fingerprint density at radius 3 is 2.00 bits per heavy atom. The summed E-state index contributed by atoms with van der Waals surface area (Å²) in [6.07, 6.45) is -0.418. The molecule has 0 fully saturated rings. The zero-order valence-electron chi connectivity index (χ0n) is 6.94. The summed E-state index contributed by atoms with van der Waals surface area (Å²) in [7, 11) is 0. The van der Waals surface area contributed by atoms with E-state index >= 15 is 0 Å². The first-order valence-electron chi connectivity index (χ1n) is 3.66. The molecule has 0 radical (unpaired) electrons. The van der Waals surface area contributed by atoms with E-state index in [1.165, 1.54) is 0 Å². The molecule has 1 aromatic rings. The van der Waals surface area contributed by atoms with Crippen LogP contribution in [0.25, 0.3) is 0 Å². The number of aliphatic hydroxyl groups excluding tert-OH is 1. The van der Waals surface area contributed by atoms with Gasteiger partial charge in [-0.1, -0.05) is 31.9 Å². The summed E-state index contributed by atoms with van der Waals surface area (Å²) in [5.74, 6) is 0. The van der Waals surface area contributed by atoms with Gasteiger partial charge in [-0.05, 0) is 37.1 Å². The van der Waals surface area contributed by atoms with E-state index in [0.29, 0.717) is 0 Å². The second-order valence-electron chi connectivity index (χ2n) is 2.79. The summed E-state index contributed by atoms with van der Waals surface area (Å²) in [6, 6.07) is 3.87. The molecule has 0 aliphatic rings. The first-order chi connectivity index (χ1) is 5.52. The Balaban J connectivity index is 3.21. The minimum Gasteiger partial charge on any atom is -0.389 e. The van der Waals surface area contributed by atoms with Gasteiger partial charge < -0.3 is 5.11 Å². The van der Waals surface area contributed by atoms with Crippen molar-refractivity contribution in [3.8, 4) is 0 Å². The van der Waals surface area contributed by atoms with Gasteiger partial charge in [0.05, 0.1) is 6.10 Å². The van der Waals surface area contributed by atoms with Crippen LogP contribution in [0.15, 0.2) is 21.1 Å². The first kappa shape index (κ1) is 10.2. The summed E-state index contributed by atoms with van der Waals surface area (Å²) in [5, 5.41) is 9.32. The summed E-state index contributed by atoms with van der Waals surface area (Å²) < 4.78 is 2.04. The fraction of sp³-hybridized carbons (Fsp3) is 0.333. The molecule has 1 nitrogen and oxygen atoms in total. The lowest BCUT2D eigenvalue weighted by atomic mass is 10.1. The number of benzene rings is 1. The van der Waals surface area contributed by atoms with Crippen molar-refractivity contribution in [3.05, 3.63) is 32.2 Å². The molecule has 0 spiro atoms. The Kier molecular flexibility index (Phi) is 3.32. The Morgan fingerprint density at radius 2 is 1.67 bits per heavy atom. The van der Waals surface area contributed by atoms with Crippen molar-refractivity contribution in [2.45, 2.75) is 20.0 Å². The average molecular weight is 294 g/mol. The SMILES string of the molecule is Cc1c(Br)cc([C@@H](C)O)cc1Br. The van der Waals surface area contributed by atoms with Gasteiger partial charge in [0.2, 0.25) is 0 Å². The van der Waals surface area contributed by atoms with Crippen LogP contribution in [-0.2, 0) is 0 Å². The monoisotopic (exact) mass is 292 g/mol. The molecule has 3 heteroatoms. The molecule has 0 heterocycles. The van der Waals surface area contributed by atoms with Crippen LogP contribution in [0.3, 0.4) is 0 Å². The molecule has 1 aromatic carbocycles. The van der Waals surface area contributed by atoms with Crippen molar-refractivity contribution in [1.29, 1.82) is 0 Å². The highest BCUT2D eigenvalue weighted by Crippen LogP contribution is 2.28. The van der Waals surface area contributed by atoms with Crippen molar-refractivity contribution in [3.63, 3.8) is 0 Å². The van der Waals surface area contributed by atoms with E-state index < -0.39 is 6.10 Å². The molecule has 0 aliphatic carbocycles. The van der Waals surface area contributed by atoms with Crippen LogP contribution in [0.2, 0.25) is 0 Å². The molecule has 1 rings (SSSR count). The lowest BCUT2D eigenvalue weighted by Gasteiger charge is -2.08. The number of hydrogen-bond acceptors (Lipinski definition) is 1. The van der Waals surface area contributed by atoms with Gasteiger partial charge in [0.15, 0.2) is 0 Å². The highest BCUT2D eigenvalue weighted by Gasteiger charge is 2.06. The zero-order chi connectivity index (χ0) is 9.30. The normalized spacial score (nSPS) is 13.1. The van der Waals surface area contributed by atoms with Crippen LogP contribution in [0.1, 0.15) is 24.2 Å².